The van der Waals surface area contributed by atoms with Crippen LogP contribution in [0.5, 0.6) is 0 Å². The normalized spacial score (nSPS) is 15.2. The van der Waals surface area contributed by atoms with Crippen LogP contribution in [0, 0.1) is 0 Å². The average molecular weight is 245 g/mol. The van der Waals surface area contributed by atoms with Gasteiger partial charge in [-0.3, -0.25) is 0 Å². The molecule has 102 valence electrons. The number of aliphatic hydroxyl groups excluding tert-OH is 1. The van der Waals surface area contributed by atoms with Crippen molar-refractivity contribution in [2.45, 2.75) is 78.0 Å². The van der Waals surface area contributed by atoms with Crippen LogP contribution >= 0.6 is 0 Å². The minimum atomic E-state index is -0.503. The Labute approximate surface area is 105 Å². The van der Waals surface area contributed by atoms with E-state index in [0.29, 0.717) is 6.42 Å². The van der Waals surface area contributed by atoms with Crippen molar-refractivity contribution in [2.24, 2.45) is 0 Å². The highest BCUT2D eigenvalue weighted by Gasteiger charge is 2.23. The third kappa shape index (κ3) is 8.02. The summed E-state index contributed by atoms with van der Waals surface area (Å²) in [5.74, 6) is 0. The van der Waals surface area contributed by atoms with E-state index in [-0.39, 0.29) is 6.04 Å². The molecule has 2 N–H and O–H groups in total. The van der Waals surface area contributed by atoms with Crippen LogP contribution in [0.2, 0.25) is 0 Å². The maximum absolute atomic E-state index is 11.6. The number of hydrogen-bond acceptors (Lipinski definition) is 3. The van der Waals surface area contributed by atoms with Gasteiger partial charge in [-0.2, -0.15) is 0 Å². The first kappa shape index (κ1) is 16.2. The number of rotatable bonds is 6. The zero-order valence-corrected chi connectivity index (χ0v) is 11.7. The van der Waals surface area contributed by atoms with E-state index in [2.05, 4.69) is 5.32 Å². The molecule has 0 rings (SSSR count). The van der Waals surface area contributed by atoms with Crippen molar-refractivity contribution in [3.05, 3.63) is 0 Å². The van der Waals surface area contributed by atoms with Gasteiger partial charge in [-0.15, -0.1) is 0 Å². The van der Waals surface area contributed by atoms with Gasteiger partial charge in [0.05, 0.1) is 12.1 Å². The summed E-state index contributed by atoms with van der Waals surface area (Å²) in [5, 5.41) is 12.7. The van der Waals surface area contributed by atoms with Crippen LogP contribution in [0.25, 0.3) is 0 Å². The van der Waals surface area contributed by atoms with Crippen LogP contribution in [0.1, 0.15) is 60.3 Å². The second kappa shape index (κ2) is 7.54. The van der Waals surface area contributed by atoms with Crippen molar-refractivity contribution in [1.82, 2.24) is 5.32 Å². The highest BCUT2D eigenvalue weighted by molar-refractivity contribution is 5.68. The summed E-state index contributed by atoms with van der Waals surface area (Å²) in [4.78, 5) is 11.6. The zero-order chi connectivity index (χ0) is 13.5. The van der Waals surface area contributed by atoms with Crippen molar-refractivity contribution in [1.29, 1.82) is 0 Å². The first-order chi connectivity index (χ1) is 7.80. The topological polar surface area (TPSA) is 58.6 Å². The maximum atomic E-state index is 11.6. The van der Waals surface area contributed by atoms with Gasteiger partial charge in [0, 0.05) is 0 Å². The third-order valence-corrected chi connectivity index (χ3v) is 2.35. The molecule has 0 saturated heterocycles. The summed E-state index contributed by atoms with van der Waals surface area (Å²) in [7, 11) is 0. The van der Waals surface area contributed by atoms with E-state index < -0.39 is 17.8 Å². The molecule has 0 aromatic rings. The van der Waals surface area contributed by atoms with Gasteiger partial charge >= 0.3 is 6.09 Å². The van der Waals surface area contributed by atoms with Crippen LogP contribution in [-0.2, 0) is 4.74 Å². The molecule has 0 aromatic heterocycles. The van der Waals surface area contributed by atoms with E-state index in [0.717, 1.165) is 19.3 Å². The Balaban J connectivity index is 4.28. The van der Waals surface area contributed by atoms with Gasteiger partial charge in [0.1, 0.15) is 5.60 Å². The van der Waals surface area contributed by atoms with E-state index in [1.165, 1.54) is 0 Å². The lowest BCUT2D eigenvalue weighted by Gasteiger charge is -2.26. The standard InChI is InChI=1S/C13H27NO3/c1-6-8-10(11(15)9-7-2)14-12(16)17-13(3,4)5/h10-11,15H,6-9H2,1-5H3,(H,14,16)/t10-,11+/m1/s1. The number of carbonyl (C=O) groups is 1. The Bertz CT molecular complexity index is 223. The summed E-state index contributed by atoms with van der Waals surface area (Å²) in [6, 6.07) is -0.213. The molecule has 0 aliphatic rings. The minimum Gasteiger partial charge on any atom is -0.444 e. The lowest BCUT2D eigenvalue weighted by Crippen LogP contribution is -2.45. The molecule has 0 heterocycles. The quantitative estimate of drug-likeness (QED) is 0.756. The fourth-order valence-electron chi connectivity index (χ4n) is 1.63. The van der Waals surface area contributed by atoms with Gasteiger partial charge in [0.15, 0.2) is 0 Å². The van der Waals surface area contributed by atoms with Gasteiger partial charge < -0.3 is 15.2 Å². The minimum absolute atomic E-state index is 0.213. The van der Waals surface area contributed by atoms with Crippen LogP contribution in [-0.4, -0.2) is 28.9 Å². The van der Waals surface area contributed by atoms with E-state index in [1.54, 1.807) is 0 Å². The molecule has 4 heteroatoms. The molecule has 0 radical (unpaired) electrons. The van der Waals surface area contributed by atoms with Crippen LogP contribution in [0.3, 0.4) is 0 Å². The van der Waals surface area contributed by atoms with E-state index in [9.17, 15) is 9.90 Å². The largest absolute Gasteiger partial charge is 0.444 e. The van der Waals surface area contributed by atoms with Gasteiger partial charge in [-0.25, -0.2) is 4.79 Å². The first-order valence-corrected chi connectivity index (χ1v) is 6.47. The monoisotopic (exact) mass is 245 g/mol. The van der Waals surface area contributed by atoms with Crippen molar-refractivity contribution < 1.29 is 14.6 Å². The molecule has 0 spiro atoms. The summed E-state index contributed by atoms with van der Waals surface area (Å²) in [6.07, 6.45) is 2.33. The van der Waals surface area contributed by atoms with Crippen molar-refractivity contribution in [3.8, 4) is 0 Å². The van der Waals surface area contributed by atoms with Gasteiger partial charge in [0.2, 0.25) is 0 Å². The Morgan fingerprint density at radius 2 is 1.76 bits per heavy atom. The fraction of sp³-hybridized carbons (Fsp3) is 0.923. The first-order valence-electron chi connectivity index (χ1n) is 6.47. The Hall–Kier alpha value is -0.770. The second-order valence-corrected chi connectivity index (χ2v) is 5.40. The molecule has 0 unspecified atom stereocenters. The predicted molar refractivity (Wildman–Crippen MR) is 69.0 cm³/mol. The molecule has 1 amide bonds. The van der Waals surface area contributed by atoms with Crippen LogP contribution < -0.4 is 5.32 Å². The van der Waals surface area contributed by atoms with Crippen LogP contribution in [0.4, 0.5) is 4.79 Å². The van der Waals surface area contributed by atoms with Crippen molar-refractivity contribution in [3.63, 3.8) is 0 Å². The second-order valence-electron chi connectivity index (χ2n) is 5.40. The number of aliphatic hydroxyl groups is 1. The number of ether oxygens (including phenoxy) is 1. The smallest absolute Gasteiger partial charge is 0.407 e. The molecular weight excluding hydrogens is 218 g/mol. The lowest BCUT2D eigenvalue weighted by molar-refractivity contribution is 0.0404. The molecule has 2 atom stereocenters. The highest BCUT2D eigenvalue weighted by Crippen LogP contribution is 2.11. The Morgan fingerprint density at radius 3 is 2.18 bits per heavy atom. The molecule has 4 nitrogen and oxygen atoms in total. The molecule has 0 aromatic carbocycles. The molecule has 0 saturated carbocycles. The lowest BCUT2D eigenvalue weighted by atomic mass is 10.0. The third-order valence-electron chi connectivity index (χ3n) is 2.35. The predicted octanol–water partition coefficient (Wildman–Crippen LogP) is 2.84. The molecule has 0 fully saturated rings. The number of nitrogens with one attached hydrogen (secondary N) is 1. The summed E-state index contributed by atoms with van der Waals surface area (Å²) in [5.41, 5.74) is -0.503. The fourth-order valence-corrected chi connectivity index (χ4v) is 1.63. The highest BCUT2D eigenvalue weighted by atomic mass is 16.6. The zero-order valence-electron chi connectivity index (χ0n) is 11.7. The number of carbonyl (C=O) groups excluding carboxylic acids is 1. The number of hydrogen-bond donors (Lipinski definition) is 2. The van der Waals surface area contributed by atoms with Gasteiger partial charge in [0.25, 0.3) is 0 Å². The molecule has 17 heavy (non-hydrogen) atoms. The molecule has 0 bridgehead atoms. The Kier molecular flexibility index (Phi) is 7.19. The average Bonchev–Trinajstić information content (AvgIpc) is 2.14. The molecular formula is C13H27NO3. The summed E-state index contributed by atoms with van der Waals surface area (Å²) < 4.78 is 5.18. The van der Waals surface area contributed by atoms with Crippen molar-refractivity contribution >= 4 is 6.09 Å². The van der Waals surface area contributed by atoms with E-state index in [4.69, 9.17) is 4.74 Å². The van der Waals surface area contributed by atoms with E-state index in [1.807, 2.05) is 34.6 Å². The van der Waals surface area contributed by atoms with E-state index >= 15 is 0 Å². The van der Waals surface area contributed by atoms with Crippen LogP contribution in [0.15, 0.2) is 0 Å². The summed E-state index contributed by atoms with van der Waals surface area (Å²) in [6.45, 7) is 9.51. The van der Waals surface area contributed by atoms with Crippen molar-refractivity contribution in [2.75, 3.05) is 0 Å². The number of amides is 1. The van der Waals surface area contributed by atoms with Gasteiger partial charge in [-0.05, 0) is 33.6 Å². The Morgan fingerprint density at radius 1 is 1.24 bits per heavy atom. The molecule has 0 aliphatic carbocycles. The molecule has 0 aliphatic heterocycles. The van der Waals surface area contributed by atoms with Gasteiger partial charge in [-0.1, -0.05) is 26.7 Å². The SMILES string of the molecule is CCC[C@H](O)[C@@H](CCC)NC(=O)OC(C)(C)C. The number of alkyl carbamates (subject to hydrolysis) is 1. The summed E-state index contributed by atoms with van der Waals surface area (Å²) >= 11 is 0. The maximum Gasteiger partial charge on any atom is 0.407 e.